The number of benzene rings is 2. The van der Waals surface area contributed by atoms with Crippen LogP contribution in [0.25, 0.3) is 22.2 Å². The SMILES string of the molecule is C.CCOC(=O)C(=O)c1ccncc1NC(=O)C(C)(C)C.COc1cccc(-c2cc(C(=O)O)c3ccncc3n2)c1.COc1cccc(C(C)=O)c1. The van der Waals surface area contributed by atoms with Gasteiger partial charge in [-0.1, -0.05) is 52.5 Å². The number of methoxy groups -OCH3 is 2. The lowest BCUT2D eigenvalue weighted by Gasteiger charge is -2.18. The van der Waals surface area contributed by atoms with Crippen LogP contribution in [0.1, 0.15) is 73.1 Å². The molecule has 0 radical (unpaired) electrons. The van der Waals surface area contributed by atoms with Gasteiger partial charge in [-0.25, -0.2) is 14.6 Å². The lowest BCUT2D eigenvalue weighted by atomic mass is 9.95. The smallest absolute Gasteiger partial charge is 0.379 e. The van der Waals surface area contributed by atoms with E-state index in [0.717, 1.165) is 11.3 Å². The van der Waals surface area contributed by atoms with Gasteiger partial charge in [0.15, 0.2) is 5.78 Å². The number of carbonyl (C=O) groups is 5. The minimum Gasteiger partial charge on any atom is -0.497 e. The number of rotatable bonds is 9. The molecule has 0 atom stereocenters. The number of amides is 1. The Labute approximate surface area is 308 Å². The highest BCUT2D eigenvalue weighted by molar-refractivity contribution is 6.42. The number of pyridine rings is 3. The molecule has 0 aliphatic heterocycles. The van der Waals surface area contributed by atoms with E-state index in [1.54, 1.807) is 84.6 Å². The fourth-order valence-electron chi connectivity index (χ4n) is 4.34. The van der Waals surface area contributed by atoms with Gasteiger partial charge < -0.3 is 24.6 Å². The lowest BCUT2D eigenvalue weighted by molar-refractivity contribution is -0.137. The number of anilines is 1. The first-order chi connectivity index (χ1) is 24.7. The average Bonchev–Trinajstić information content (AvgIpc) is 3.14. The van der Waals surface area contributed by atoms with Crippen molar-refractivity contribution in [3.63, 3.8) is 0 Å². The minimum atomic E-state index is -0.988. The largest absolute Gasteiger partial charge is 0.497 e. The Balaban J connectivity index is 0.000000286. The summed E-state index contributed by atoms with van der Waals surface area (Å²) in [5, 5.41) is 12.6. The maximum atomic E-state index is 11.9. The number of esters is 1. The summed E-state index contributed by atoms with van der Waals surface area (Å²) in [4.78, 5) is 70.0. The number of ketones is 2. The Morgan fingerprint density at radius 3 is 2.04 bits per heavy atom. The third-order valence-electron chi connectivity index (χ3n) is 7.14. The Morgan fingerprint density at radius 2 is 1.43 bits per heavy atom. The molecule has 0 saturated heterocycles. The first kappa shape index (κ1) is 42.7. The quantitative estimate of drug-likeness (QED) is 0.0877. The van der Waals surface area contributed by atoms with Crippen LogP contribution in [0.3, 0.4) is 0 Å². The second-order valence-electron chi connectivity index (χ2n) is 11.9. The van der Waals surface area contributed by atoms with Crippen LogP contribution in [0.5, 0.6) is 11.5 Å². The molecule has 0 fully saturated rings. The van der Waals surface area contributed by atoms with Crippen molar-refractivity contribution in [2.24, 2.45) is 5.41 Å². The molecule has 5 aromatic rings. The molecule has 5 rings (SSSR count). The molecule has 2 aromatic carbocycles. The predicted molar refractivity (Wildman–Crippen MR) is 201 cm³/mol. The van der Waals surface area contributed by atoms with E-state index in [1.807, 2.05) is 30.3 Å². The summed E-state index contributed by atoms with van der Waals surface area (Å²) in [5.74, 6) is -1.55. The highest BCUT2D eigenvalue weighted by Gasteiger charge is 2.26. The van der Waals surface area contributed by atoms with Crippen molar-refractivity contribution in [2.45, 2.75) is 42.0 Å². The van der Waals surface area contributed by atoms with Crippen LogP contribution >= 0.6 is 0 Å². The van der Waals surface area contributed by atoms with Gasteiger partial charge in [0, 0.05) is 34.3 Å². The molecule has 13 heteroatoms. The molecule has 0 bridgehead atoms. The first-order valence-corrected chi connectivity index (χ1v) is 15.9. The number of nitrogens with one attached hydrogen (secondary N) is 1. The van der Waals surface area contributed by atoms with Crippen molar-refractivity contribution in [1.82, 2.24) is 15.0 Å². The van der Waals surface area contributed by atoms with Crippen molar-refractivity contribution in [2.75, 3.05) is 26.1 Å². The first-order valence-electron chi connectivity index (χ1n) is 15.9. The molecular weight excluding hydrogens is 680 g/mol. The number of aromatic nitrogens is 3. The van der Waals surface area contributed by atoms with Gasteiger partial charge in [-0.3, -0.25) is 24.4 Å². The van der Waals surface area contributed by atoms with Gasteiger partial charge in [0.2, 0.25) is 5.91 Å². The van der Waals surface area contributed by atoms with Gasteiger partial charge in [0.1, 0.15) is 11.5 Å². The number of nitrogens with zero attached hydrogens (tertiary/aromatic N) is 3. The average molecular weight is 725 g/mol. The second-order valence-corrected chi connectivity index (χ2v) is 11.9. The minimum absolute atomic E-state index is 0. The van der Waals surface area contributed by atoms with Gasteiger partial charge in [0.05, 0.1) is 61.2 Å². The molecule has 13 nitrogen and oxygen atoms in total. The molecule has 0 unspecified atom stereocenters. The number of carboxylic acid groups (broad SMARTS) is 1. The van der Waals surface area contributed by atoms with Crippen LogP contribution in [0.15, 0.2) is 91.5 Å². The van der Waals surface area contributed by atoms with Crippen LogP contribution in [0.4, 0.5) is 5.69 Å². The number of aromatic carboxylic acids is 1. The van der Waals surface area contributed by atoms with E-state index in [0.29, 0.717) is 27.9 Å². The number of Topliss-reactive ketones (excluding diaryl/α,β-unsaturated/α-hetero) is 2. The van der Waals surface area contributed by atoms with Crippen molar-refractivity contribution in [3.8, 4) is 22.8 Å². The zero-order valence-corrected chi connectivity index (χ0v) is 29.9. The van der Waals surface area contributed by atoms with Gasteiger partial charge in [-0.2, -0.15) is 0 Å². The molecule has 53 heavy (non-hydrogen) atoms. The Hall–Kier alpha value is -6.50. The molecule has 2 N–H and O–H groups in total. The number of carbonyl (C=O) groups excluding carboxylic acids is 4. The summed E-state index contributed by atoms with van der Waals surface area (Å²) < 4.78 is 14.8. The van der Waals surface area contributed by atoms with E-state index in [4.69, 9.17) is 9.47 Å². The second kappa shape index (κ2) is 19.8. The van der Waals surface area contributed by atoms with Gasteiger partial charge >= 0.3 is 11.9 Å². The van der Waals surface area contributed by atoms with Gasteiger partial charge in [-0.05, 0) is 56.3 Å². The molecule has 278 valence electrons. The fourth-order valence-corrected chi connectivity index (χ4v) is 4.34. The molecule has 3 heterocycles. The zero-order chi connectivity index (χ0) is 38.4. The van der Waals surface area contributed by atoms with Crippen molar-refractivity contribution in [3.05, 3.63) is 108 Å². The molecule has 0 aliphatic carbocycles. The summed E-state index contributed by atoms with van der Waals surface area (Å²) >= 11 is 0. The van der Waals surface area contributed by atoms with Crippen LogP contribution in [-0.2, 0) is 14.3 Å². The Morgan fingerprint density at radius 1 is 0.811 bits per heavy atom. The Bertz CT molecular complexity index is 2070. The van der Waals surface area contributed by atoms with E-state index in [1.165, 1.54) is 25.4 Å². The van der Waals surface area contributed by atoms with Crippen molar-refractivity contribution >= 4 is 46.0 Å². The van der Waals surface area contributed by atoms with Crippen LogP contribution < -0.4 is 14.8 Å². The number of carboxylic acids is 1. The third-order valence-corrected chi connectivity index (χ3v) is 7.14. The summed E-state index contributed by atoms with van der Waals surface area (Å²) in [6.45, 7) is 8.48. The lowest BCUT2D eigenvalue weighted by Crippen LogP contribution is -2.29. The molecule has 1 amide bonds. The summed E-state index contributed by atoms with van der Waals surface area (Å²) in [6.07, 6.45) is 5.82. The third kappa shape index (κ3) is 12.1. The summed E-state index contributed by atoms with van der Waals surface area (Å²) in [7, 11) is 3.17. The van der Waals surface area contributed by atoms with Crippen LogP contribution in [0, 0.1) is 5.41 Å². The Kier molecular flexibility index (Phi) is 15.9. The maximum absolute atomic E-state index is 11.9. The zero-order valence-electron chi connectivity index (χ0n) is 29.9. The number of ether oxygens (including phenoxy) is 3. The molecule has 0 spiro atoms. The van der Waals surface area contributed by atoms with E-state index in [-0.39, 0.29) is 42.5 Å². The molecule has 0 aliphatic rings. The van der Waals surface area contributed by atoms with E-state index < -0.39 is 23.1 Å². The number of hydrogen-bond acceptors (Lipinski definition) is 11. The van der Waals surface area contributed by atoms with Crippen LogP contribution in [-0.4, -0.2) is 70.3 Å². The molecule has 0 saturated carbocycles. The highest BCUT2D eigenvalue weighted by Crippen LogP contribution is 2.27. The van der Waals surface area contributed by atoms with Crippen molar-refractivity contribution < 1.29 is 43.3 Å². The standard InChI is InChI=1S/C16H12N2O3.C14H18N2O4.C9H10O2.CH4/c1-21-11-4-2-3-10(7-11)14-8-13(16(19)20)12-5-6-17-9-15(12)18-14;1-5-20-12(18)11(17)9-6-7-15-8-10(9)16-13(19)14(2,3)4;1-7(10)8-4-3-5-9(6-8)11-2;/h2-9H,1H3,(H,19,20);6-8H,5H2,1-4H3,(H,16,19);3-6H,1-2H3;1H4. The highest BCUT2D eigenvalue weighted by atomic mass is 16.5. The number of hydrogen-bond donors (Lipinski definition) is 2. The fraction of sp³-hybridized carbons (Fsp3) is 0.250. The normalized spacial score (nSPS) is 10.2. The molecular formula is C40H44N4O9. The number of fused-ring (bicyclic) bond motifs is 1. The summed E-state index contributed by atoms with van der Waals surface area (Å²) in [6, 6.07) is 19.0. The van der Waals surface area contributed by atoms with E-state index in [2.05, 4.69) is 25.0 Å². The predicted octanol–water partition coefficient (Wildman–Crippen LogP) is 7.35. The van der Waals surface area contributed by atoms with Gasteiger partial charge in [0.25, 0.3) is 5.78 Å². The summed E-state index contributed by atoms with van der Waals surface area (Å²) in [5.41, 5.74) is 2.45. The topological polar surface area (TPSA) is 184 Å². The maximum Gasteiger partial charge on any atom is 0.379 e. The van der Waals surface area contributed by atoms with Crippen molar-refractivity contribution in [1.29, 1.82) is 0 Å². The molecule has 3 aromatic heterocycles. The van der Waals surface area contributed by atoms with Crippen LogP contribution in [0.2, 0.25) is 0 Å². The van der Waals surface area contributed by atoms with E-state index in [9.17, 15) is 29.1 Å². The van der Waals surface area contributed by atoms with E-state index >= 15 is 0 Å². The monoisotopic (exact) mass is 724 g/mol. The van der Waals surface area contributed by atoms with Gasteiger partial charge in [-0.15, -0.1) is 0 Å².